The van der Waals surface area contributed by atoms with Gasteiger partial charge < -0.3 is 46.1 Å². The third kappa shape index (κ3) is 14.3. The van der Waals surface area contributed by atoms with Gasteiger partial charge in [0, 0.05) is 99.5 Å². The highest BCUT2D eigenvalue weighted by Gasteiger charge is 2.28. The first kappa shape index (κ1) is 49.1. The first-order valence-electron chi connectivity index (χ1n) is 22.7. The van der Waals surface area contributed by atoms with Gasteiger partial charge in [-0.3, -0.25) is 29.0 Å². The molecule has 15 nitrogen and oxygen atoms in total. The molecule has 6 rings (SSSR count). The molecule has 0 aliphatic carbocycles. The number of Topliss-reactive ketones (excluding diaryl/α,β-unsaturated/α-hetero) is 2. The van der Waals surface area contributed by atoms with E-state index in [-0.39, 0.29) is 60.5 Å². The zero-order chi connectivity index (χ0) is 44.9. The number of nitrogens with one attached hydrogen (secondary N) is 2. The molecule has 2 aromatic carbocycles. The number of amides is 2. The number of primary amides is 2. The molecule has 2 aromatic rings. The summed E-state index contributed by atoms with van der Waals surface area (Å²) in [6.07, 6.45) is 7.49. The Balaban J connectivity index is 0.814. The van der Waals surface area contributed by atoms with Crippen LogP contribution < -0.4 is 31.6 Å². The molecule has 63 heavy (non-hydrogen) atoms. The van der Waals surface area contributed by atoms with Gasteiger partial charge in [0.05, 0.1) is 49.6 Å². The van der Waals surface area contributed by atoms with E-state index in [0.29, 0.717) is 58.9 Å². The number of benzene rings is 2. The standard InChI is InChI=1S/C46H68Cl2N8O7/c1-61-43-25-37(39(47)23-33(43)29-55-13-3-31(4-14-55)45(49)59)41(57)27-51-11-21-53-17-7-35(8-18-53)63-36-9-19-54(20-10-36)22-12-52-28-42(58)38-26-44(62-2)34(24-40(38)48)30-56-15-5-32(6-16-56)46(50)60/h23-26,31-32,35-36,51-52H,3-22,27-30H2,1-2H3,(H2,49,59)(H2,50,60). The molecular weight excluding hydrogens is 847 g/mol. The van der Waals surface area contributed by atoms with Gasteiger partial charge >= 0.3 is 0 Å². The Morgan fingerprint density at radius 1 is 0.571 bits per heavy atom. The molecule has 4 heterocycles. The maximum absolute atomic E-state index is 13.2. The molecule has 0 unspecified atom stereocenters. The summed E-state index contributed by atoms with van der Waals surface area (Å²) in [5, 5.41) is 7.45. The van der Waals surface area contributed by atoms with Gasteiger partial charge in [-0.25, -0.2) is 0 Å². The van der Waals surface area contributed by atoms with Crippen molar-refractivity contribution in [1.82, 2.24) is 30.2 Å². The summed E-state index contributed by atoms with van der Waals surface area (Å²) >= 11 is 13.2. The lowest BCUT2D eigenvalue weighted by molar-refractivity contribution is -0.124. The summed E-state index contributed by atoms with van der Waals surface area (Å²) in [5.74, 6) is 0.508. The zero-order valence-corrected chi connectivity index (χ0v) is 38.7. The van der Waals surface area contributed by atoms with Crippen molar-refractivity contribution in [2.75, 3.05) is 106 Å². The fraction of sp³-hybridized carbons (Fsp3) is 0.652. The Labute approximate surface area is 382 Å². The van der Waals surface area contributed by atoms with Crippen molar-refractivity contribution < 1.29 is 33.4 Å². The molecule has 4 saturated heterocycles. The van der Waals surface area contributed by atoms with E-state index in [0.717, 1.165) is 128 Å². The molecule has 4 fully saturated rings. The lowest BCUT2D eigenvalue weighted by Gasteiger charge is -2.37. The molecule has 6 N–H and O–H groups in total. The summed E-state index contributed by atoms with van der Waals surface area (Å²) in [5.41, 5.74) is 13.7. The molecule has 17 heteroatoms. The van der Waals surface area contributed by atoms with Gasteiger partial charge in [-0.05, 0) is 102 Å². The fourth-order valence-electron chi connectivity index (χ4n) is 9.36. The van der Waals surface area contributed by atoms with E-state index in [1.54, 1.807) is 26.4 Å². The van der Waals surface area contributed by atoms with Crippen LogP contribution in [0.2, 0.25) is 10.0 Å². The number of nitrogens with two attached hydrogens (primary N) is 2. The van der Waals surface area contributed by atoms with Crippen LogP contribution in [0.5, 0.6) is 11.5 Å². The quantitative estimate of drug-likeness (QED) is 0.0994. The molecule has 348 valence electrons. The number of methoxy groups -OCH3 is 2. The normalized spacial score (nSPS) is 19.6. The van der Waals surface area contributed by atoms with Crippen LogP contribution in [0.25, 0.3) is 0 Å². The number of rotatable bonds is 22. The summed E-state index contributed by atoms with van der Waals surface area (Å²) in [6.45, 7) is 11.7. The predicted molar refractivity (Wildman–Crippen MR) is 245 cm³/mol. The summed E-state index contributed by atoms with van der Waals surface area (Å²) < 4.78 is 17.9. The third-order valence-corrected chi connectivity index (χ3v) is 14.0. The Kier molecular flexibility index (Phi) is 18.9. The third-order valence-electron chi connectivity index (χ3n) is 13.3. The van der Waals surface area contributed by atoms with Gasteiger partial charge in [0.15, 0.2) is 11.6 Å². The monoisotopic (exact) mass is 914 g/mol. The number of ketones is 2. The van der Waals surface area contributed by atoms with E-state index in [4.69, 9.17) is 48.9 Å². The molecule has 0 saturated carbocycles. The van der Waals surface area contributed by atoms with E-state index >= 15 is 0 Å². The minimum absolute atomic E-state index is 0.0712. The molecule has 0 bridgehead atoms. The van der Waals surface area contributed by atoms with Crippen molar-refractivity contribution in [3.63, 3.8) is 0 Å². The van der Waals surface area contributed by atoms with Gasteiger partial charge in [0.1, 0.15) is 11.5 Å². The van der Waals surface area contributed by atoms with Crippen LogP contribution in [0.15, 0.2) is 24.3 Å². The highest BCUT2D eigenvalue weighted by molar-refractivity contribution is 6.34. The molecule has 0 spiro atoms. The highest BCUT2D eigenvalue weighted by atomic mass is 35.5. The van der Waals surface area contributed by atoms with Crippen molar-refractivity contribution in [1.29, 1.82) is 0 Å². The first-order valence-corrected chi connectivity index (χ1v) is 23.5. The second-order valence-electron chi connectivity index (χ2n) is 17.6. The maximum Gasteiger partial charge on any atom is 0.220 e. The van der Waals surface area contributed by atoms with Crippen LogP contribution in [0.1, 0.15) is 83.2 Å². The van der Waals surface area contributed by atoms with E-state index in [1.165, 1.54) is 0 Å². The first-order chi connectivity index (χ1) is 30.4. The molecule has 4 aliphatic rings. The van der Waals surface area contributed by atoms with Crippen molar-refractivity contribution in [3.8, 4) is 11.5 Å². The average molecular weight is 916 g/mol. The molecule has 0 atom stereocenters. The number of carbonyl (C=O) groups excluding carboxylic acids is 4. The lowest BCUT2D eigenvalue weighted by Crippen LogP contribution is -2.44. The largest absolute Gasteiger partial charge is 0.496 e. The minimum Gasteiger partial charge on any atom is -0.496 e. The maximum atomic E-state index is 13.2. The number of likely N-dealkylation sites (tertiary alicyclic amines) is 4. The number of carbonyl (C=O) groups is 4. The molecule has 2 amide bonds. The van der Waals surface area contributed by atoms with Gasteiger partial charge in [-0.15, -0.1) is 0 Å². The van der Waals surface area contributed by atoms with E-state index in [9.17, 15) is 19.2 Å². The topological polar surface area (TPSA) is 185 Å². The Morgan fingerprint density at radius 2 is 0.921 bits per heavy atom. The Hall–Kier alpha value is -3.38. The van der Waals surface area contributed by atoms with Crippen LogP contribution in [0.4, 0.5) is 0 Å². The van der Waals surface area contributed by atoms with Gasteiger partial charge in [0.2, 0.25) is 11.8 Å². The molecule has 0 radical (unpaired) electrons. The average Bonchev–Trinajstić information content (AvgIpc) is 3.28. The van der Waals surface area contributed by atoms with E-state index < -0.39 is 0 Å². The van der Waals surface area contributed by atoms with E-state index in [1.807, 2.05) is 12.1 Å². The van der Waals surface area contributed by atoms with Gasteiger partial charge in [-0.2, -0.15) is 0 Å². The number of hydrogen-bond donors (Lipinski definition) is 4. The van der Waals surface area contributed by atoms with Crippen LogP contribution in [-0.2, 0) is 27.4 Å². The Morgan fingerprint density at radius 3 is 1.25 bits per heavy atom. The van der Waals surface area contributed by atoms with Crippen molar-refractivity contribution in [2.24, 2.45) is 23.3 Å². The van der Waals surface area contributed by atoms with Crippen LogP contribution >= 0.6 is 23.2 Å². The number of hydrogen-bond acceptors (Lipinski definition) is 13. The van der Waals surface area contributed by atoms with Crippen molar-refractivity contribution in [2.45, 2.75) is 76.7 Å². The summed E-state index contributed by atoms with van der Waals surface area (Å²) in [7, 11) is 3.20. The smallest absolute Gasteiger partial charge is 0.220 e. The number of ether oxygens (including phenoxy) is 3. The fourth-order valence-corrected chi connectivity index (χ4v) is 9.94. The van der Waals surface area contributed by atoms with Crippen LogP contribution in [0, 0.1) is 11.8 Å². The SMILES string of the molecule is COc1cc(C(=O)CNCCN2CCC(OC3CCN(CCNCC(=O)c4cc(OC)c(CN5CCC(C(N)=O)CC5)cc4Cl)CC3)CC2)c(Cl)cc1CN1CCC(C(N)=O)CC1. The minimum atomic E-state index is -0.233. The van der Waals surface area contributed by atoms with Crippen molar-refractivity contribution >= 4 is 46.6 Å². The highest BCUT2D eigenvalue weighted by Crippen LogP contribution is 2.32. The second kappa shape index (κ2) is 24.2. The molecule has 0 aromatic heterocycles. The van der Waals surface area contributed by atoms with E-state index in [2.05, 4.69) is 30.2 Å². The number of nitrogens with zero attached hydrogens (tertiary/aromatic N) is 4. The number of halogens is 2. The van der Waals surface area contributed by atoms with Gasteiger partial charge in [-0.1, -0.05) is 23.2 Å². The predicted octanol–water partition coefficient (Wildman–Crippen LogP) is 3.60. The summed E-state index contributed by atoms with van der Waals surface area (Å²) in [4.78, 5) is 58.8. The van der Waals surface area contributed by atoms with Crippen LogP contribution in [0.3, 0.4) is 0 Å². The van der Waals surface area contributed by atoms with Crippen molar-refractivity contribution in [3.05, 3.63) is 56.6 Å². The second-order valence-corrected chi connectivity index (χ2v) is 18.4. The van der Waals surface area contributed by atoms with Gasteiger partial charge in [0.25, 0.3) is 0 Å². The Bertz CT molecular complexity index is 1730. The zero-order valence-electron chi connectivity index (χ0n) is 37.1. The lowest BCUT2D eigenvalue weighted by atomic mass is 9.96. The molecule has 4 aliphatic heterocycles. The summed E-state index contributed by atoms with van der Waals surface area (Å²) in [6, 6.07) is 7.14. The molecular formula is C46H68Cl2N8O7. The number of piperidine rings is 4. The van der Waals surface area contributed by atoms with Crippen LogP contribution in [-0.4, -0.2) is 161 Å².